The van der Waals surface area contributed by atoms with Gasteiger partial charge < -0.3 is 15.4 Å². The van der Waals surface area contributed by atoms with Crippen LogP contribution in [0.3, 0.4) is 0 Å². The second-order valence-corrected chi connectivity index (χ2v) is 6.35. The van der Waals surface area contributed by atoms with Gasteiger partial charge in [0, 0.05) is 24.8 Å². The lowest BCUT2D eigenvalue weighted by molar-refractivity contribution is 0.0949. The maximum atomic E-state index is 12.3. The fourth-order valence-electron chi connectivity index (χ4n) is 2.41. The molecule has 0 saturated carbocycles. The lowest BCUT2D eigenvalue weighted by Gasteiger charge is -2.10. The van der Waals surface area contributed by atoms with Crippen LogP contribution in [0.15, 0.2) is 42.6 Å². The highest BCUT2D eigenvalue weighted by atomic mass is 16.5. The molecule has 2 aromatic rings. The first kappa shape index (κ1) is 19.4. The van der Waals surface area contributed by atoms with E-state index in [1.54, 1.807) is 13.2 Å². The Morgan fingerprint density at radius 1 is 1.12 bits per heavy atom. The molecule has 0 aliphatic heterocycles. The van der Waals surface area contributed by atoms with E-state index < -0.39 is 0 Å². The maximum Gasteiger partial charge on any atom is 0.269 e. The zero-order chi connectivity index (χ0) is 18.9. The minimum absolute atomic E-state index is 0.204. The third kappa shape index (κ3) is 5.58. The number of para-hydroxylation sites is 1. The Kier molecular flexibility index (Phi) is 7.14. The van der Waals surface area contributed by atoms with E-state index >= 15 is 0 Å². The third-order valence-electron chi connectivity index (χ3n) is 3.80. The summed E-state index contributed by atoms with van der Waals surface area (Å²) in [6.07, 6.45) is 2.11. The first-order chi connectivity index (χ1) is 12.5. The van der Waals surface area contributed by atoms with Gasteiger partial charge in [-0.15, -0.1) is 0 Å². The predicted octanol–water partition coefficient (Wildman–Crippen LogP) is 2.45. The zero-order valence-corrected chi connectivity index (χ0v) is 15.4. The Hall–Kier alpha value is -2.89. The van der Waals surface area contributed by atoms with Crippen molar-refractivity contribution in [2.75, 3.05) is 20.2 Å². The summed E-state index contributed by atoms with van der Waals surface area (Å²) in [5.41, 5.74) is 1.67. The van der Waals surface area contributed by atoms with Gasteiger partial charge in [0.15, 0.2) is 0 Å². The molecule has 6 nitrogen and oxygen atoms in total. The number of ether oxygens (including phenoxy) is 1. The Labute approximate surface area is 154 Å². The van der Waals surface area contributed by atoms with Gasteiger partial charge in [0.25, 0.3) is 11.8 Å². The molecule has 0 radical (unpaired) electrons. The van der Waals surface area contributed by atoms with E-state index in [1.807, 2.05) is 38.1 Å². The fourth-order valence-corrected chi connectivity index (χ4v) is 2.41. The van der Waals surface area contributed by atoms with E-state index in [1.165, 1.54) is 12.3 Å². The van der Waals surface area contributed by atoms with Gasteiger partial charge in [-0.3, -0.25) is 14.6 Å². The number of aromatic nitrogens is 1. The summed E-state index contributed by atoms with van der Waals surface area (Å²) in [5.74, 6) is 0.643. The van der Waals surface area contributed by atoms with Gasteiger partial charge in [-0.05, 0) is 36.1 Å². The Bertz CT molecular complexity index is 759. The number of rotatable bonds is 8. The molecule has 1 heterocycles. The van der Waals surface area contributed by atoms with Crippen LogP contribution in [0, 0.1) is 5.92 Å². The van der Waals surface area contributed by atoms with Crippen molar-refractivity contribution in [1.29, 1.82) is 0 Å². The van der Waals surface area contributed by atoms with Crippen molar-refractivity contribution in [3.63, 3.8) is 0 Å². The van der Waals surface area contributed by atoms with E-state index in [0.717, 1.165) is 11.3 Å². The normalized spacial score (nSPS) is 10.5. The summed E-state index contributed by atoms with van der Waals surface area (Å²) in [4.78, 5) is 28.5. The summed E-state index contributed by atoms with van der Waals surface area (Å²) in [5, 5.41) is 5.66. The Balaban J connectivity index is 1.93. The van der Waals surface area contributed by atoms with E-state index in [0.29, 0.717) is 31.0 Å². The predicted molar refractivity (Wildman–Crippen MR) is 100 cm³/mol. The molecule has 1 aromatic heterocycles. The van der Waals surface area contributed by atoms with Crippen molar-refractivity contribution in [3.8, 4) is 5.75 Å². The molecular formula is C20H25N3O3. The molecule has 0 unspecified atom stereocenters. The number of hydrogen-bond donors (Lipinski definition) is 2. The van der Waals surface area contributed by atoms with Crippen LogP contribution in [0.2, 0.25) is 0 Å². The molecule has 0 atom stereocenters. The molecule has 0 aliphatic rings. The van der Waals surface area contributed by atoms with Gasteiger partial charge in [-0.1, -0.05) is 32.0 Å². The molecule has 1 aromatic carbocycles. The van der Waals surface area contributed by atoms with Gasteiger partial charge in [0.2, 0.25) is 0 Å². The second kappa shape index (κ2) is 9.56. The van der Waals surface area contributed by atoms with Crippen LogP contribution < -0.4 is 15.4 Å². The SMILES string of the molecule is COc1ccccc1CCNC(=O)c1cc(C(=O)NCC(C)C)ccn1. The highest BCUT2D eigenvalue weighted by Gasteiger charge is 2.12. The molecule has 0 saturated heterocycles. The van der Waals surface area contributed by atoms with E-state index in [2.05, 4.69) is 15.6 Å². The first-order valence-corrected chi connectivity index (χ1v) is 8.65. The first-order valence-electron chi connectivity index (χ1n) is 8.65. The molecule has 0 aliphatic carbocycles. The Morgan fingerprint density at radius 2 is 1.88 bits per heavy atom. The van der Waals surface area contributed by atoms with Gasteiger partial charge >= 0.3 is 0 Å². The number of nitrogens with one attached hydrogen (secondary N) is 2. The van der Waals surface area contributed by atoms with Crippen LogP contribution in [-0.4, -0.2) is 37.0 Å². The molecule has 2 rings (SSSR count). The topological polar surface area (TPSA) is 80.3 Å². The molecule has 0 fully saturated rings. The van der Waals surface area contributed by atoms with Gasteiger partial charge in [0.05, 0.1) is 7.11 Å². The van der Waals surface area contributed by atoms with Crippen molar-refractivity contribution in [2.45, 2.75) is 20.3 Å². The second-order valence-electron chi connectivity index (χ2n) is 6.35. The Morgan fingerprint density at radius 3 is 2.62 bits per heavy atom. The molecule has 0 bridgehead atoms. The lowest BCUT2D eigenvalue weighted by atomic mass is 10.1. The lowest BCUT2D eigenvalue weighted by Crippen LogP contribution is -2.29. The van der Waals surface area contributed by atoms with Crippen LogP contribution in [-0.2, 0) is 6.42 Å². The van der Waals surface area contributed by atoms with Crippen molar-refractivity contribution in [2.24, 2.45) is 5.92 Å². The number of hydrogen-bond acceptors (Lipinski definition) is 4. The quantitative estimate of drug-likeness (QED) is 0.762. The van der Waals surface area contributed by atoms with Crippen LogP contribution in [0.4, 0.5) is 0 Å². The summed E-state index contributed by atoms with van der Waals surface area (Å²) in [6, 6.07) is 10.8. The molecule has 0 spiro atoms. The smallest absolute Gasteiger partial charge is 0.269 e. The highest BCUT2D eigenvalue weighted by molar-refractivity contribution is 5.98. The molecule has 138 valence electrons. The number of amides is 2. The van der Waals surface area contributed by atoms with E-state index in [9.17, 15) is 9.59 Å². The van der Waals surface area contributed by atoms with Gasteiger partial charge in [0.1, 0.15) is 11.4 Å². The third-order valence-corrected chi connectivity index (χ3v) is 3.80. The molecule has 2 amide bonds. The number of carbonyl (C=O) groups excluding carboxylic acids is 2. The maximum absolute atomic E-state index is 12.3. The summed E-state index contributed by atoms with van der Waals surface area (Å²) in [7, 11) is 1.62. The minimum atomic E-state index is -0.307. The number of pyridine rings is 1. The van der Waals surface area contributed by atoms with Crippen LogP contribution in [0.5, 0.6) is 5.75 Å². The van der Waals surface area contributed by atoms with E-state index in [4.69, 9.17) is 4.74 Å². The van der Waals surface area contributed by atoms with E-state index in [-0.39, 0.29) is 17.5 Å². The molecule has 26 heavy (non-hydrogen) atoms. The van der Waals surface area contributed by atoms with Crippen LogP contribution in [0.1, 0.15) is 40.3 Å². The minimum Gasteiger partial charge on any atom is -0.496 e. The van der Waals surface area contributed by atoms with Gasteiger partial charge in [-0.25, -0.2) is 0 Å². The summed E-state index contributed by atoms with van der Waals surface area (Å²) >= 11 is 0. The average molecular weight is 355 g/mol. The summed E-state index contributed by atoms with van der Waals surface area (Å²) in [6.45, 7) is 5.08. The van der Waals surface area contributed by atoms with Gasteiger partial charge in [-0.2, -0.15) is 0 Å². The van der Waals surface area contributed by atoms with Crippen molar-refractivity contribution in [1.82, 2.24) is 15.6 Å². The largest absolute Gasteiger partial charge is 0.496 e. The average Bonchev–Trinajstić information content (AvgIpc) is 2.66. The standard InChI is InChI=1S/C20H25N3O3/c1-14(2)13-23-19(24)16-9-10-21-17(12-16)20(25)22-11-8-15-6-4-5-7-18(15)26-3/h4-7,9-10,12,14H,8,11,13H2,1-3H3,(H,22,25)(H,23,24). The number of benzene rings is 1. The number of nitrogens with zero attached hydrogens (tertiary/aromatic N) is 1. The summed E-state index contributed by atoms with van der Waals surface area (Å²) < 4.78 is 5.30. The zero-order valence-electron chi connectivity index (χ0n) is 15.4. The van der Waals surface area contributed by atoms with Crippen molar-refractivity contribution in [3.05, 3.63) is 59.4 Å². The molecule has 2 N–H and O–H groups in total. The van der Waals surface area contributed by atoms with Crippen LogP contribution in [0.25, 0.3) is 0 Å². The van der Waals surface area contributed by atoms with Crippen molar-refractivity contribution < 1.29 is 14.3 Å². The number of carbonyl (C=O) groups is 2. The van der Waals surface area contributed by atoms with Crippen LogP contribution >= 0.6 is 0 Å². The van der Waals surface area contributed by atoms with Crippen molar-refractivity contribution >= 4 is 11.8 Å². The number of methoxy groups -OCH3 is 1. The monoisotopic (exact) mass is 355 g/mol. The molecular weight excluding hydrogens is 330 g/mol. The molecule has 6 heteroatoms. The highest BCUT2D eigenvalue weighted by Crippen LogP contribution is 2.17. The fraction of sp³-hybridized carbons (Fsp3) is 0.350.